The van der Waals surface area contributed by atoms with Gasteiger partial charge in [0.25, 0.3) is 0 Å². The summed E-state index contributed by atoms with van der Waals surface area (Å²) in [7, 11) is 0. The predicted octanol–water partition coefficient (Wildman–Crippen LogP) is 14.3. The molecule has 0 spiro atoms. The molecule has 0 saturated carbocycles. The van der Waals surface area contributed by atoms with Crippen molar-refractivity contribution in [1.29, 1.82) is 0 Å². The molecule has 0 atom stereocenters. The van der Waals surface area contributed by atoms with Gasteiger partial charge in [-0.2, -0.15) is 0 Å². The first-order valence-electron chi connectivity index (χ1n) is 20.7. The Hall–Kier alpha value is -8.48. The van der Waals surface area contributed by atoms with Crippen LogP contribution in [-0.4, -0.2) is 24.5 Å². The van der Waals surface area contributed by atoms with Gasteiger partial charge in [-0.3, -0.25) is 4.98 Å². The first-order chi connectivity index (χ1) is 30.7. The number of hydrogen-bond acceptors (Lipinski definition) is 5. The number of furan rings is 1. The van der Waals surface area contributed by atoms with Crippen molar-refractivity contribution < 1.29 is 4.42 Å². The molecule has 0 radical (unpaired) electrons. The van der Waals surface area contributed by atoms with E-state index in [1.807, 2.05) is 72.9 Å². The number of hydrogen-bond donors (Lipinski definition) is 0. The van der Waals surface area contributed by atoms with Crippen molar-refractivity contribution in [3.63, 3.8) is 0 Å². The predicted molar refractivity (Wildman–Crippen MR) is 252 cm³/mol. The van der Waals surface area contributed by atoms with E-state index in [0.29, 0.717) is 17.5 Å². The molecular weight excluding hydrogens is 759 g/mol. The molecule has 4 heterocycles. The maximum absolute atomic E-state index is 6.65. The Morgan fingerprint density at radius 3 is 1.63 bits per heavy atom. The summed E-state index contributed by atoms with van der Waals surface area (Å²) in [6.45, 7) is 0. The molecule has 12 rings (SSSR count). The minimum absolute atomic E-state index is 0.531. The van der Waals surface area contributed by atoms with E-state index in [0.717, 1.165) is 94.2 Å². The molecule has 0 aliphatic carbocycles. The third kappa shape index (κ3) is 5.96. The van der Waals surface area contributed by atoms with Crippen molar-refractivity contribution in [3.8, 4) is 73.4 Å². The van der Waals surface area contributed by atoms with E-state index in [1.165, 1.54) is 5.39 Å². The summed E-state index contributed by atoms with van der Waals surface area (Å²) in [5, 5.41) is 4.40. The monoisotopic (exact) mass is 793 g/mol. The van der Waals surface area contributed by atoms with Crippen LogP contribution >= 0.6 is 0 Å². The van der Waals surface area contributed by atoms with E-state index >= 15 is 0 Å². The molecule has 0 saturated heterocycles. The fourth-order valence-electron chi connectivity index (χ4n) is 8.86. The van der Waals surface area contributed by atoms with Crippen LogP contribution in [0.1, 0.15) is 0 Å². The summed E-state index contributed by atoms with van der Waals surface area (Å²) in [5.74, 6) is 1.70. The fourth-order valence-corrected chi connectivity index (χ4v) is 8.86. The van der Waals surface area contributed by atoms with Crippen LogP contribution in [-0.2, 0) is 0 Å². The number of fused-ring (bicyclic) bond motifs is 7. The van der Waals surface area contributed by atoms with Gasteiger partial charge in [0, 0.05) is 55.9 Å². The Morgan fingerprint density at radius 2 is 0.935 bits per heavy atom. The molecule has 290 valence electrons. The Bertz CT molecular complexity index is 3560. The first kappa shape index (κ1) is 35.5. The van der Waals surface area contributed by atoms with Gasteiger partial charge in [-0.1, -0.05) is 152 Å². The van der Waals surface area contributed by atoms with Gasteiger partial charge in [-0.25, -0.2) is 15.0 Å². The highest BCUT2D eigenvalue weighted by molar-refractivity contribution is 6.24. The highest BCUT2D eigenvalue weighted by Crippen LogP contribution is 2.43. The molecule has 4 aromatic heterocycles. The van der Waals surface area contributed by atoms with Gasteiger partial charge < -0.3 is 8.98 Å². The zero-order chi connectivity index (χ0) is 41.0. The molecular formula is C56H35N5O. The minimum Gasteiger partial charge on any atom is -0.456 e. The summed E-state index contributed by atoms with van der Waals surface area (Å²) in [5.41, 5.74) is 13.5. The minimum atomic E-state index is 0.531. The molecule has 6 nitrogen and oxygen atoms in total. The molecule has 0 bridgehead atoms. The van der Waals surface area contributed by atoms with Crippen LogP contribution in [0, 0.1) is 0 Å². The quantitative estimate of drug-likeness (QED) is 0.161. The van der Waals surface area contributed by atoms with Gasteiger partial charge in [0.1, 0.15) is 11.2 Å². The Kier molecular flexibility index (Phi) is 8.38. The first-order valence-corrected chi connectivity index (χ1v) is 20.7. The van der Waals surface area contributed by atoms with Crippen molar-refractivity contribution in [2.75, 3.05) is 0 Å². The molecule has 62 heavy (non-hydrogen) atoms. The number of aromatic nitrogens is 5. The highest BCUT2D eigenvalue weighted by Gasteiger charge is 2.22. The van der Waals surface area contributed by atoms with E-state index in [-0.39, 0.29) is 0 Å². The molecule has 0 amide bonds. The number of nitrogens with zero attached hydrogens (tertiary/aromatic N) is 5. The van der Waals surface area contributed by atoms with Crippen molar-refractivity contribution in [2.45, 2.75) is 0 Å². The lowest BCUT2D eigenvalue weighted by Gasteiger charge is -2.15. The van der Waals surface area contributed by atoms with Gasteiger partial charge >= 0.3 is 0 Å². The molecule has 12 aromatic rings. The summed E-state index contributed by atoms with van der Waals surface area (Å²) in [6, 6.07) is 71.1. The van der Waals surface area contributed by atoms with E-state index in [9.17, 15) is 0 Å². The fraction of sp³-hybridized carbons (Fsp3) is 0. The number of para-hydroxylation sites is 2. The third-order valence-electron chi connectivity index (χ3n) is 11.7. The SMILES string of the molecule is c1ccc(-c2nc(-c3ccccc3)nc(-c3cc(-c4ccccc4-c4ccccc4)cnc3-c3ccc4oc5ccc6c7ccccc7n(-c7ccccc7)c6c5c4c3)n2)cc1. The standard InChI is InChI=1S/C56H35N5O/c1-5-17-36(18-6-1)42-25-13-14-26-43(42)40-34-47(56-59-54(37-19-7-2-8-20-37)58-55(60-56)38-21-9-3-10-22-38)52(57-35-40)39-29-31-49-46(33-39)51-50(62-49)32-30-45-44-27-15-16-28-48(44)61(53(45)51)41-23-11-4-12-24-41/h1-35H. The molecule has 0 aliphatic rings. The lowest BCUT2D eigenvalue weighted by atomic mass is 9.93. The van der Waals surface area contributed by atoms with Crippen molar-refractivity contribution >= 4 is 43.7 Å². The summed E-state index contributed by atoms with van der Waals surface area (Å²) < 4.78 is 9.01. The maximum atomic E-state index is 6.65. The summed E-state index contributed by atoms with van der Waals surface area (Å²) >= 11 is 0. The van der Waals surface area contributed by atoms with Crippen LogP contribution in [0.2, 0.25) is 0 Å². The second kappa shape index (κ2) is 14.7. The van der Waals surface area contributed by atoms with Crippen LogP contribution in [0.5, 0.6) is 0 Å². The van der Waals surface area contributed by atoms with Crippen LogP contribution in [0.3, 0.4) is 0 Å². The van der Waals surface area contributed by atoms with Crippen molar-refractivity contribution in [1.82, 2.24) is 24.5 Å². The average Bonchev–Trinajstić information content (AvgIpc) is 3.90. The van der Waals surface area contributed by atoms with E-state index in [4.69, 9.17) is 24.4 Å². The maximum Gasteiger partial charge on any atom is 0.166 e. The normalized spacial score (nSPS) is 11.5. The van der Waals surface area contributed by atoms with E-state index < -0.39 is 0 Å². The third-order valence-corrected chi connectivity index (χ3v) is 11.7. The lowest BCUT2D eigenvalue weighted by molar-refractivity contribution is 0.669. The van der Waals surface area contributed by atoms with Crippen LogP contribution in [0.4, 0.5) is 0 Å². The molecule has 8 aromatic carbocycles. The van der Waals surface area contributed by atoms with Crippen LogP contribution < -0.4 is 0 Å². The lowest BCUT2D eigenvalue weighted by Crippen LogP contribution is -2.02. The van der Waals surface area contributed by atoms with Gasteiger partial charge in [-0.15, -0.1) is 0 Å². The summed E-state index contributed by atoms with van der Waals surface area (Å²) in [4.78, 5) is 20.8. The molecule has 0 unspecified atom stereocenters. The second-order valence-corrected chi connectivity index (χ2v) is 15.4. The van der Waals surface area contributed by atoms with Gasteiger partial charge in [-0.05, 0) is 71.3 Å². The Labute approximate surface area is 357 Å². The smallest absolute Gasteiger partial charge is 0.166 e. The van der Waals surface area contributed by atoms with E-state index in [1.54, 1.807) is 0 Å². The number of benzene rings is 8. The van der Waals surface area contributed by atoms with Crippen molar-refractivity contribution in [3.05, 3.63) is 212 Å². The number of rotatable bonds is 7. The van der Waals surface area contributed by atoms with Crippen molar-refractivity contribution in [2.24, 2.45) is 0 Å². The largest absolute Gasteiger partial charge is 0.456 e. The van der Waals surface area contributed by atoms with Crippen LogP contribution in [0.25, 0.3) is 117 Å². The van der Waals surface area contributed by atoms with Crippen LogP contribution in [0.15, 0.2) is 217 Å². The Morgan fingerprint density at radius 1 is 0.371 bits per heavy atom. The highest BCUT2D eigenvalue weighted by atomic mass is 16.3. The summed E-state index contributed by atoms with van der Waals surface area (Å²) in [6.07, 6.45) is 1.97. The zero-order valence-corrected chi connectivity index (χ0v) is 33.4. The molecule has 0 fully saturated rings. The van der Waals surface area contributed by atoms with Gasteiger partial charge in [0.05, 0.1) is 22.1 Å². The second-order valence-electron chi connectivity index (χ2n) is 15.4. The Balaban J connectivity index is 1.13. The van der Waals surface area contributed by atoms with Gasteiger partial charge in [0.2, 0.25) is 0 Å². The molecule has 0 aliphatic heterocycles. The zero-order valence-electron chi connectivity index (χ0n) is 33.4. The van der Waals surface area contributed by atoms with E-state index in [2.05, 4.69) is 144 Å². The molecule has 6 heteroatoms. The number of pyridine rings is 1. The topological polar surface area (TPSA) is 69.6 Å². The van der Waals surface area contributed by atoms with Gasteiger partial charge in [0.15, 0.2) is 17.5 Å². The molecule has 0 N–H and O–H groups in total. The average molecular weight is 794 g/mol.